The Balaban J connectivity index is 1.87. The Morgan fingerprint density at radius 3 is 2.40 bits per heavy atom. The van der Waals surface area contributed by atoms with Crippen LogP contribution in [0, 0.1) is 5.82 Å². The summed E-state index contributed by atoms with van der Waals surface area (Å²) in [5.74, 6) is 0.509. The lowest BCUT2D eigenvalue weighted by Gasteiger charge is -2.11. The number of ether oxygens (including phenoxy) is 2. The summed E-state index contributed by atoms with van der Waals surface area (Å²) in [4.78, 5) is 0. The zero-order valence-corrected chi connectivity index (χ0v) is 12.4. The predicted molar refractivity (Wildman–Crippen MR) is 79.4 cm³/mol. The first-order valence-corrected chi connectivity index (χ1v) is 6.99. The summed E-state index contributed by atoms with van der Waals surface area (Å²) < 4.78 is 25.1. The van der Waals surface area contributed by atoms with Gasteiger partial charge in [-0.15, -0.1) is 0 Å². The van der Waals surface area contributed by atoms with Crippen LogP contribution in [0.25, 0.3) is 0 Å². The Labute approximate surface area is 125 Å². The molecule has 2 aromatic rings. The van der Waals surface area contributed by atoms with Crippen LogP contribution in [-0.4, -0.2) is 13.2 Å². The molecule has 0 spiro atoms. The van der Waals surface area contributed by atoms with Crippen LogP contribution in [0.15, 0.2) is 46.9 Å². The van der Waals surface area contributed by atoms with Gasteiger partial charge in [0.2, 0.25) is 0 Å². The van der Waals surface area contributed by atoms with Crippen molar-refractivity contribution in [1.29, 1.82) is 0 Å². The Kier molecular flexibility index (Phi) is 5.38. The molecule has 0 aliphatic heterocycles. The highest BCUT2D eigenvalue weighted by atomic mass is 79.9. The molecule has 0 aliphatic carbocycles. The standard InChI is InChI=1S/C15H15BrFNO2/c16-14-11(10-18)6-7-13(15(14)17)20-9-8-19-12-4-2-1-3-5-12/h1-7H,8-10,18H2. The molecule has 0 unspecified atom stereocenters. The molecule has 2 rings (SSSR count). The van der Waals surface area contributed by atoms with Gasteiger partial charge in [-0.25, -0.2) is 4.39 Å². The van der Waals surface area contributed by atoms with Crippen molar-refractivity contribution in [3.05, 3.63) is 58.3 Å². The van der Waals surface area contributed by atoms with Gasteiger partial charge in [0, 0.05) is 6.54 Å². The number of halogens is 2. The van der Waals surface area contributed by atoms with E-state index in [9.17, 15) is 4.39 Å². The lowest BCUT2D eigenvalue weighted by molar-refractivity contribution is 0.211. The molecule has 5 heteroatoms. The Morgan fingerprint density at radius 1 is 1.00 bits per heavy atom. The van der Waals surface area contributed by atoms with Crippen LogP contribution in [0.5, 0.6) is 11.5 Å². The minimum absolute atomic E-state index is 0.186. The topological polar surface area (TPSA) is 44.5 Å². The third-order valence-electron chi connectivity index (χ3n) is 2.70. The second kappa shape index (κ2) is 7.26. The van der Waals surface area contributed by atoms with Crippen LogP contribution in [0.3, 0.4) is 0 Å². The monoisotopic (exact) mass is 339 g/mol. The smallest absolute Gasteiger partial charge is 0.179 e. The van der Waals surface area contributed by atoms with Crippen molar-refractivity contribution in [1.82, 2.24) is 0 Å². The summed E-state index contributed by atoms with van der Waals surface area (Å²) >= 11 is 3.17. The van der Waals surface area contributed by atoms with E-state index >= 15 is 0 Å². The highest BCUT2D eigenvalue weighted by molar-refractivity contribution is 9.10. The molecule has 2 N–H and O–H groups in total. The van der Waals surface area contributed by atoms with Crippen molar-refractivity contribution in [2.24, 2.45) is 5.73 Å². The van der Waals surface area contributed by atoms with Gasteiger partial charge in [-0.2, -0.15) is 0 Å². The number of benzene rings is 2. The van der Waals surface area contributed by atoms with E-state index in [-0.39, 0.29) is 18.9 Å². The number of hydrogen-bond acceptors (Lipinski definition) is 3. The molecule has 2 aromatic carbocycles. The van der Waals surface area contributed by atoms with Gasteiger partial charge in [-0.1, -0.05) is 24.3 Å². The van der Waals surface area contributed by atoms with Gasteiger partial charge in [-0.05, 0) is 39.7 Å². The van der Waals surface area contributed by atoms with E-state index in [2.05, 4.69) is 15.9 Å². The lowest BCUT2D eigenvalue weighted by atomic mass is 10.2. The van der Waals surface area contributed by atoms with Gasteiger partial charge in [0.25, 0.3) is 0 Å². The minimum atomic E-state index is -0.437. The van der Waals surface area contributed by atoms with Crippen LogP contribution >= 0.6 is 15.9 Å². The molecule has 0 saturated carbocycles. The molecule has 3 nitrogen and oxygen atoms in total. The largest absolute Gasteiger partial charge is 0.490 e. The average Bonchev–Trinajstić information content (AvgIpc) is 2.49. The third-order valence-corrected chi connectivity index (χ3v) is 3.56. The summed E-state index contributed by atoms with van der Waals surface area (Å²) in [7, 11) is 0. The molecule has 0 aromatic heterocycles. The lowest BCUT2D eigenvalue weighted by Crippen LogP contribution is -2.10. The first-order valence-electron chi connectivity index (χ1n) is 6.20. The van der Waals surface area contributed by atoms with Crippen LogP contribution in [0.1, 0.15) is 5.56 Å². The van der Waals surface area contributed by atoms with Crippen LogP contribution in [0.4, 0.5) is 4.39 Å². The van der Waals surface area contributed by atoms with E-state index < -0.39 is 5.82 Å². The molecule has 0 bridgehead atoms. The van der Waals surface area contributed by atoms with Crippen LogP contribution < -0.4 is 15.2 Å². The molecule has 0 atom stereocenters. The number of nitrogens with two attached hydrogens (primary N) is 1. The van der Waals surface area contributed by atoms with E-state index in [0.29, 0.717) is 16.6 Å². The molecule has 106 valence electrons. The first kappa shape index (κ1) is 14.8. The fraction of sp³-hybridized carbons (Fsp3) is 0.200. The highest BCUT2D eigenvalue weighted by Crippen LogP contribution is 2.28. The summed E-state index contributed by atoms with van der Waals surface area (Å²) in [5, 5.41) is 0. The molecule has 20 heavy (non-hydrogen) atoms. The summed E-state index contributed by atoms with van der Waals surface area (Å²) in [5.41, 5.74) is 6.20. The van der Waals surface area contributed by atoms with Crippen molar-refractivity contribution in [2.75, 3.05) is 13.2 Å². The summed E-state index contributed by atoms with van der Waals surface area (Å²) in [6.45, 7) is 0.884. The van der Waals surface area contributed by atoms with Crippen molar-refractivity contribution in [3.8, 4) is 11.5 Å². The molecule has 0 fully saturated rings. The summed E-state index contributed by atoms with van der Waals surface area (Å²) in [6, 6.07) is 12.7. The Morgan fingerprint density at radius 2 is 1.70 bits per heavy atom. The van der Waals surface area contributed by atoms with E-state index in [1.165, 1.54) is 0 Å². The zero-order valence-electron chi connectivity index (χ0n) is 10.8. The SMILES string of the molecule is NCc1ccc(OCCOc2ccccc2)c(F)c1Br. The molecular formula is C15H15BrFNO2. The number of rotatable bonds is 6. The Bertz CT molecular complexity index is 563. The van der Waals surface area contributed by atoms with Crippen molar-refractivity contribution >= 4 is 15.9 Å². The molecule has 0 saturated heterocycles. The van der Waals surface area contributed by atoms with Crippen LogP contribution in [-0.2, 0) is 6.54 Å². The quantitative estimate of drug-likeness (QED) is 0.819. The van der Waals surface area contributed by atoms with E-state index in [1.807, 2.05) is 30.3 Å². The Hall–Kier alpha value is -1.59. The second-order valence-corrected chi connectivity index (χ2v) is 4.86. The van der Waals surface area contributed by atoms with E-state index in [1.54, 1.807) is 12.1 Å². The molecule has 0 amide bonds. The second-order valence-electron chi connectivity index (χ2n) is 4.06. The molecule has 0 aliphatic rings. The fourth-order valence-electron chi connectivity index (χ4n) is 1.67. The summed E-state index contributed by atoms with van der Waals surface area (Å²) in [6.07, 6.45) is 0. The average molecular weight is 340 g/mol. The molecule has 0 heterocycles. The van der Waals surface area contributed by atoms with Crippen molar-refractivity contribution in [3.63, 3.8) is 0 Å². The fourth-order valence-corrected chi connectivity index (χ4v) is 2.16. The molecular weight excluding hydrogens is 325 g/mol. The first-order chi connectivity index (χ1) is 9.72. The number of hydrogen-bond donors (Lipinski definition) is 1. The van der Waals surface area contributed by atoms with E-state index in [4.69, 9.17) is 15.2 Å². The molecule has 0 radical (unpaired) electrons. The van der Waals surface area contributed by atoms with Gasteiger partial charge < -0.3 is 15.2 Å². The van der Waals surface area contributed by atoms with Gasteiger partial charge in [0.15, 0.2) is 11.6 Å². The maximum Gasteiger partial charge on any atom is 0.179 e. The zero-order chi connectivity index (χ0) is 14.4. The minimum Gasteiger partial charge on any atom is -0.490 e. The third kappa shape index (κ3) is 3.71. The van der Waals surface area contributed by atoms with Gasteiger partial charge >= 0.3 is 0 Å². The maximum atomic E-state index is 13.9. The van der Waals surface area contributed by atoms with Gasteiger partial charge in [0.05, 0.1) is 4.47 Å². The highest BCUT2D eigenvalue weighted by Gasteiger charge is 2.11. The van der Waals surface area contributed by atoms with E-state index in [0.717, 1.165) is 5.75 Å². The number of para-hydroxylation sites is 1. The normalized spacial score (nSPS) is 10.3. The predicted octanol–water partition coefficient (Wildman–Crippen LogP) is 3.50. The van der Waals surface area contributed by atoms with Crippen molar-refractivity contribution in [2.45, 2.75) is 6.54 Å². The van der Waals surface area contributed by atoms with Gasteiger partial charge in [-0.3, -0.25) is 0 Å². The maximum absolute atomic E-state index is 13.9. The van der Waals surface area contributed by atoms with Crippen molar-refractivity contribution < 1.29 is 13.9 Å². The van der Waals surface area contributed by atoms with Gasteiger partial charge in [0.1, 0.15) is 19.0 Å². The van der Waals surface area contributed by atoms with Crippen LogP contribution in [0.2, 0.25) is 0 Å².